The van der Waals surface area contributed by atoms with E-state index in [1.54, 1.807) is 25.1 Å². The summed E-state index contributed by atoms with van der Waals surface area (Å²) < 4.78 is 5.36. The van der Waals surface area contributed by atoms with Crippen molar-refractivity contribution in [2.45, 2.75) is 13.3 Å². The van der Waals surface area contributed by atoms with Gasteiger partial charge in [0, 0.05) is 5.02 Å². The highest BCUT2D eigenvalue weighted by Crippen LogP contribution is 2.27. The van der Waals surface area contributed by atoms with Crippen LogP contribution in [0.3, 0.4) is 0 Å². The molecule has 0 unspecified atom stereocenters. The molecule has 1 N–H and O–H groups in total. The molecule has 0 saturated carbocycles. The number of halogens is 2. The maximum Gasteiger partial charge on any atom is 0.306 e. The summed E-state index contributed by atoms with van der Waals surface area (Å²) in [5, 5.41) is 9.64. The average Bonchev–Trinajstić information content (AvgIpc) is 2.20. The Morgan fingerprint density at radius 2 is 2.19 bits per heavy atom. The maximum atomic E-state index is 10.6. The third-order valence-electron chi connectivity index (χ3n) is 2.12. The second-order valence-electron chi connectivity index (χ2n) is 3.45. The molecule has 1 aromatic rings. The summed E-state index contributed by atoms with van der Waals surface area (Å²) in [4.78, 5) is 10.6. The highest BCUT2D eigenvalue weighted by molar-refractivity contribution is 6.35. The minimum atomic E-state index is -0.828. The van der Waals surface area contributed by atoms with E-state index in [-0.39, 0.29) is 0 Å². The van der Waals surface area contributed by atoms with Gasteiger partial charge in [-0.1, -0.05) is 30.1 Å². The third-order valence-corrected chi connectivity index (χ3v) is 2.65. The van der Waals surface area contributed by atoms with Gasteiger partial charge in [0.1, 0.15) is 5.75 Å². The SMILES string of the molecule is C[C@@H](CCOc1ccc(Cl)cc1Cl)C(=O)O. The summed E-state index contributed by atoms with van der Waals surface area (Å²) in [7, 11) is 0. The predicted octanol–water partition coefficient (Wildman–Crippen LogP) is 3.48. The van der Waals surface area contributed by atoms with Crippen molar-refractivity contribution >= 4 is 29.2 Å². The van der Waals surface area contributed by atoms with Gasteiger partial charge in [0.25, 0.3) is 0 Å². The largest absolute Gasteiger partial charge is 0.492 e. The number of hydrogen-bond acceptors (Lipinski definition) is 2. The van der Waals surface area contributed by atoms with Gasteiger partial charge in [-0.25, -0.2) is 0 Å². The van der Waals surface area contributed by atoms with Crippen molar-refractivity contribution in [3.8, 4) is 5.75 Å². The lowest BCUT2D eigenvalue weighted by molar-refractivity contribution is -0.141. The van der Waals surface area contributed by atoms with Crippen LogP contribution < -0.4 is 4.74 Å². The Hall–Kier alpha value is -0.930. The van der Waals surface area contributed by atoms with E-state index in [0.717, 1.165) is 0 Å². The van der Waals surface area contributed by atoms with Crippen LogP contribution in [-0.4, -0.2) is 17.7 Å². The molecule has 1 rings (SSSR count). The Bertz CT molecular complexity index is 379. The average molecular weight is 263 g/mol. The number of rotatable bonds is 5. The molecule has 88 valence electrons. The van der Waals surface area contributed by atoms with E-state index >= 15 is 0 Å². The lowest BCUT2D eigenvalue weighted by atomic mass is 10.1. The van der Waals surface area contributed by atoms with Crippen molar-refractivity contribution in [1.29, 1.82) is 0 Å². The number of benzene rings is 1. The zero-order chi connectivity index (χ0) is 12.1. The normalized spacial score (nSPS) is 12.2. The number of carbonyl (C=O) groups is 1. The quantitative estimate of drug-likeness (QED) is 0.884. The fourth-order valence-corrected chi connectivity index (χ4v) is 1.52. The highest BCUT2D eigenvalue weighted by atomic mass is 35.5. The third kappa shape index (κ3) is 3.91. The molecule has 16 heavy (non-hydrogen) atoms. The first-order chi connectivity index (χ1) is 7.50. The van der Waals surface area contributed by atoms with Crippen LogP contribution in [0.5, 0.6) is 5.75 Å². The van der Waals surface area contributed by atoms with Crippen LogP contribution in [0.25, 0.3) is 0 Å². The molecule has 1 aromatic carbocycles. The Kier molecular flexibility index (Phi) is 4.90. The van der Waals surface area contributed by atoms with Crippen LogP contribution in [-0.2, 0) is 4.79 Å². The van der Waals surface area contributed by atoms with Crippen LogP contribution >= 0.6 is 23.2 Å². The second-order valence-corrected chi connectivity index (χ2v) is 4.29. The fraction of sp³-hybridized carbons (Fsp3) is 0.364. The summed E-state index contributed by atoms with van der Waals surface area (Å²) in [6.07, 6.45) is 0.439. The lowest BCUT2D eigenvalue weighted by Gasteiger charge is -2.09. The molecule has 0 aliphatic carbocycles. The molecule has 0 bridgehead atoms. The fourth-order valence-electron chi connectivity index (χ4n) is 1.06. The number of carboxylic acids is 1. The van der Waals surface area contributed by atoms with Crippen molar-refractivity contribution < 1.29 is 14.6 Å². The van der Waals surface area contributed by atoms with Crippen LogP contribution in [0, 0.1) is 5.92 Å². The van der Waals surface area contributed by atoms with Crippen molar-refractivity contribution in [3.05, 3.63) is 28.2 Å². The highest BCUT2D eigenvalue weighted by Gasteiger charge is 2.11. The molecule has 0 aliphatic rings. The van der Waals surface area contributed by atoms with Crippen LogP contribution in [0.15, 0.2) is 18.2 Å². The first-order valence-electron chi connectivity index (χ1n) is 4.81. The summed E-state index contributed by atoms with van der Waals surface area (Å²) >= 11 is 11.6. The monoisotopic (exact) mass is 262 g/mol. The Morgan fingerprint density at radius 1 is 1.50 bits per heavy atom. The van der Waals surface area contributed by atoms with Crippen molar-refractivity contribution in [2.24, 2.45) is 5.92 Å². The van der Waals surface area contributed by atoms with Crippen LogP contribution in [0.1, 0.15) is 13.3 Å². The van der Waals surface area contributed by atoms with Crippen molar-refractivity contribution in [3.63, 3.8) is 0 Å². The lowest BCUT2D eigenvalue weighted by Crippen LogP contribution is -2.13. The van der Waals surface area contributed by atoms with Crippen LogP contribution in [0.4, 0.5) is 0 Å². The molecule has 3 nitrogen and oxygen atoms in total. The van der Waals surface area contributed by atoms with E-state index in [9.17, 15) is 4.79 Å². The molecule has 5 heteroatoms. The van der Waals surface area contributed by atoms with E-state index < -0.39 is 11.9 Å². The molecule has 1 atom stereocenters. The second kappa shape index (κ2) is 5.97. The molecular weight excluding hydrogens is 251 g/mol. The van der Waals surface area contributed by atoms with Gasteiger partial charge >= 0.3 is 5.97 Å². The van der Waals surface area contributed by atoms with E-state index in [1.807, 2.05) is 0 Å². The zero-order valence-electron chi connectivity index (χ0n) is 8.74. The minimum Gasteiger partial charge on any atom is -0.492 e. The first-order valence-corrected chi connectivity index (χ1v) is 5.57. The van der Waals surface area contributed by atoms with Gasteiger partial charge in [-0.3, -0.25) is 4.79 Å². The number of carboxylic acid groups (broad SMARTS) is 1. The molecule has 0 aliphatic heterocycles. The first kappa shape index (κ1) is 13.1. The van der Waals surface area contributed by atoms with Crippen LogP contribution in [0.2, 0.25) is 10.0 Å². The van der Waals surface area contributed by atoms with Gasteiger partial charge in [0.05, 0.1) is 17.5 Å². The topological polar surface area (TPSA) is 46.5 Å². The molecule has 0 radical (unpaired) electrons. The molecule has 0 spiro atoms. The van der Waals surface area contributed by atoms with Crippen molar-refractivity contribution in [2.75, 3.05) is 6.61 Å². The minimum absolute atomic E-state index is 0.314. The van der Waals surface area contributed by atoms with E-state index in [4.69, 9.17) is 33.0 Å². The number of ether oxygens (including phenoxy) is 1. The molecule has 0 amide bonds. The molecule has 0 heterocycles. The van der Waals surface area contributed by atoms with E-state index in [1.165, 1.54) is 0 Å². The Labute approximate surface area is 104 Å². The van der Waals surface area contributed by atoms with E-state index in [0.29, 0.717) is 28.8 Å². The van der Waals surface area contributed by atoms with Gasteiger partial charge in [-0.2, -0.15) is 0 Å². The summed E-state index contributed by atoms with van der Waals surface area (Å²) in [6, 6.07) is 4.92. The Morgan fingerprint density at radius 3 is 2.75 bits per heavy atom. The number of hydrogen-bond donors (Lipinski definition) is 1. The maximum absolute atomic E-state index is 10.6. The molecule has 0 aromatic heterocycles. The Balaban J connectivity index is 2.46. The van der Waals surface area contributed by atoms with E-state index in [2.05, 4.69) is 0 Å². The predicted molar refractivity (Wildman–Crippen MR) is 63.4 cm³/mol. The molecular formula is C11H12Cl2O3. The summed E-state index contributed by atoms with van der Waals surface area (Å²) in [5.41, 5.74) is 0. The summed E-state index contributed by atoms with van der Waals surface area (Å²) in [6.45, 7) is 1.95. The summed E-state index contributed by atoms with van der Waals surface area (Å²) in [5.74, 6) is -0.736. The standard InChI is InChI=1S/C11H12Cl2O3/c1-7(11(14)15)4-5-16-10-3-2-8(12)6-9(10)13/h2-3,6-7H,4-5H2,1H3,(H,14,15)/t7-/m0/s1. The number of aliphatic carboxylic acids is 1. The molecule has 0 saturated heterocycles. The molecule has 0 fully saturated rings. The van der Waals surface area contributed by atoms with Crippen molar-refractivity contribution in [1.82, 2.24) is 0 Å². The van der Waals surface area contributed by atoms with Gasteiger partial charge < -0.3 is 9.84 Å². The van der Waals surface area contributed by atoms with Gasteiger partial charge in [0.15, 0.2) is 0 Å². The zero-order valence-corrected chi connectivity index (χ0v) is 10.3. The van der Waals surface area contributed by atoms with Gasteiger partial charge in [-0.15, -0.1) is 0 Å². The van der Waals surface area contributed by atoms with Gasteiger partial charge in [0.2, 0.25) is 0 Å². The van der Waals surface area contributed by atoms with Gasteiger partial charge in [-0.05, 0) is 24.6 Å². The smallest absolute Gasteiger partial charge is 0.306 e.